The summed E-state index contributed by atoms with van der Waals surface area (Å²) in [5, 5.41) is 6.23. The lowest BCUT2D eigenvalue weighted by molar-refractivity contribution is -0.114. The summed E-state index contributed by atoms with van der Waals surface area (Å²) >= 11 is 0. The molecule has 3 rings (SSSR count). The van der Waals surface area contributed by atoms with Gasteiger partial charge in [0.1, 0.15) is 17.6 Å². The summed E-state index contributed by atoms with van der Waals surface area (Å²) < 4.78 is 11.7. The van der Waals surface area contributed by atoms with E-state index >= 15 is 0 Å². The van der Waals surface area contributed by atoms with E-state index in [-0.39, 0.29) is 12.0 Å². The maximum Gasteiger partial charge on any atom is 0.221 e. The maximum absolute atomic E-state index is 11.1. The summed E-state index contributed by atoms with van der Waals surface area (Å²) in [6.45, 7) is 7.68. The molecule has 2 aromatic rings. The Labute approximate surface area is 154 Å². The average Bonchev–Trinajstić information content (AvgIpc) is 2.95. The molecule has 1 aliphatic heterocycles. The van der Waals surface area contributed by atoms with E-state index < -0.39 is 0 Å². The van der Waals surface area contributed by atoms with Gasteiger partial charge in [-0.2, -0.15) is 0 Å². The zero-order valence-electron chi connectivity index (χ0n) is 15.6. The lowest BCUT2D eigenvalue weighted by Crippen LogP contribution is -2.14. The number of carbonyl (C=O) groups is 1. The number of benzene rings is 2. The second-order valence-corrected chi connectivity index (χ2v) is 6.61. The Morgan fingerprint density at radius 1 is 1.23 bits per heavy atom. The molecule has 0 unspecified atom stereocenters. The predicted octanol–water partition coefficient (Wildman–Crippen LogP) is 3.66. The Morgan fingerprint density at radius 3 is 2.69 bits per heavy atom. The molecule has 1 aliphatic rings. The molecule has 138 valence electrons. The van der Waals surface area contributed by atoms with E-state index in [1.54, 1.807) is 0 Å². The van der Waals surface area contributed by atoms with Crippen LogP contribution in [0.25, 0.3) is 0 Å². The van der Waals surface area contributed by atoms with Gasteiger partial charge < -0.3 is 20.1 Å². The molecule has 2 N–H and O–H groups in total. The van der Waals surface area contributed by atoms with Crippen LogP contribution in [0.3, 0.4) is 0 Å². The lowest BCUT2D eigenvalue weighted by Gasteiger charge is -2.13. The van der Waals surface area contributed by atoms with Crippen molar-refractivity contribution in [2.75, 3.05) is 11.9 Å². The van der Waals surface area contributed by atoms with Gasteiger partial charge in [0.15, 0.2) is 0 Å². The van der Waals surface area contributed by atoms with E-state index in [0.717, 1.165) is 41.3 Å². The summed E-state index contributed by atoms with van der Waals surface area (Å²) in [4.78, 5) is 11.1. The molecule has 1 amide bonds. The minimum atomic E-state index is -0.0625. The first-order valence-electron chi connectivity index (χ1n) is 9.07. The third-order valence-electron chi connectivity index (χ3n) is 4.30. The predicted molar refractivity (Wildman–Crippen MR) is 103 cm³/mol. The molecule has 0 saturated carbocycles. The van der Waals surface area contributed by atoms with Crippen molar-refractivity contribution in [1.82, 2.24) is 5.32 Å². The van der Waals surface area contributed by atoms with Crippen molar-refractivity contribution in [3.05, 3.63) is 53.1 Å². The first kappa shape index (κ1) is 18.3. The van der Waals surface area contributed by atoms with Crippen LogP contribution in [0.1, 0.15) is 37.5 Å². The molecule has 0 saturated heterocycles. The van der Waals surface area contributed by atoms with Crippen LogP contribution in [0.5, 0.6) is 11.5 Å². The molecule has 0 spiro atoms. The van der Waals surface area contributed by atoms with Crippen molar-refractivity contribution in [3.8, 4) is 11.5 Å². The fraction of sp³-hybridized carbons (Fsp3) is 0.381. The lowest BCUT2D eigenvalue weighted by atomic mass is 10.1. The SMILES string of the molecule is CCOc1cc2c(cc1CNCc1ccc(NC(C)=O)cc1)O[C@H](C)C2. The van der Waals surface area contributed by atoms with E-state index in [4.69, 9.17) is 9.47 Å². The van der Waals surface area contributed by atoms with Gasteiger partial charge in [-0.25, -0.2) is 0 Å². The number of fused-ring (bicyclic) bond motifs is 1. The van der Waals surface area contributed by atoms with Crippen LogP contribution >= 0.6 is 0 Å². The number of anilines is 1. The highest BCUT2D eigenvalue weighted by molar-refractivity contribution is 5.88. The van der Waals surface area contributed by atoms with Crippen molar-refractivity contribution in [2.24, 2.45) is 0 Å². The molecule has 1 heterocycles. The van der Waals surface area contributed by atoms with Gasteiger partial charge in [-0.1, -0.05) is 12.1 Å². The molecule has 5 nitrogen and oxygen atoms in total. The Morgan fingerprint density at radius 2 is 2.00 bits per heavy atom. The Hall–Kier alpha value is -2.53. The maximum atomic E-state index is 11.1. The Balaban J connectivity index is 1.62. The standard InChI is InChI=1S/C21H26N2O3/c1-4-25-20-10-17-9-14(2)26-21(17)11-18(20)13-22-12-16-5-7-19(8-6-16)23-15(3)24/h5-8,10-11,14,22H,4,9,12-13H2,1-3H3,(H,23,24)/t14-/m1/s1. The quantitative estimate of drug-likeness (QED) is 0.797. The summed E-state index contributed by atoms with van der Waals surface area (Å²) in [5.41, 5.74) is 4.29. The highest BCUT2D eigenvalue weighted by Gasteiger charge is 2.21. The van der Waals surface area contributed by atoms with E-state index in [2.05, 4.69) is 29.7 Å². The van der Waals surface area contributed by atoms with Crippen LogP contribution in [-0.4, -0.2) is 18.6 Å². The van der Waals surface area contributed by atoms with Crippen LogP contribution in [0.15, 0.2) is 36.4 Å². The van der Waals surface area contributed by atoms with Crippen molar-refractivity contribution >= 4 is 11.6 Å². The van der Waals surface area contributed by atoms with E-state index in [0.29, 0.717) is 13.2 Å². The van der Waals surface area contributed by atoms with E-state index in [9.17, 15) is 4.79 Å². The van der Waals surface area contributed by atoms with Crippen molar-refractivity contribution in [2.45, 2.75) is 46.4 Å². The molecule has 5 heteroatoms. The van der Waals surface area contributed by atoms with Gasteiger partial charge in [0.05, 0.1) is 6.61 Å². The van der Waals surface area contributed by atoms with E-state index in [1.807, 2.05) is 31.2 Å². The fourth-order valence-electron chi connectivity index (χ4n) is 3.16. The largest absolute Gasteiger partial charge is 0.494 e. The molecular formula is C21H26N2O3. The number of nitrogens with one attached hydrogen (secondary N) is 2. The van der Waals surface area contributed by atoms with Gasteiger partial charge in [0, 0.05) is 43.2 Å². The number of ether oxygens (including phenoxy) is 2. The third kappa shape index (κ3) is 4.55. The van der Waals surface area contributed by atoms with Gasteiger partial charge in [-0.3, -0.25) is 4.79 Å². The van der Waals surface area contributed by atoms with Gasteiger partial charge in [-0.15, -0.1) is 0 Å². The van der Waals surface area contributed by atoms with Gasteiger partial charge in [-0.05, 0) is 43.7 Å². The Bertz CT molecular complexity index is 772. The topological polar surface area (TPSA) is 59.6 Å². The van der Waals surface area contributed by atoms with Gasteiger partial charge in [0.25, 0.3) is 0 Å². The highest BCUT2D eigenvalue weighted by atomic mass is 16.5. The minimum absolute atomic E-state index is 0.0625. The molecular weight excluding hydrogens is 328 g/mol. The second kappa shape index (κ2) is 8.23. The first-order chi connectivity index (χ1) is 12.5. The van der Waals surface area contributed by atoms with Crippen LogP contribution in [0.4, 0.5) is 5.69 Å². The van der Waals surface area contributed by atoms with Crippen molar-refractivity contribution < 1.29 is 14.3 Å². The molecule has 0 radical (unpaired) electrons. The van der Waals surface area contributed by atoms with E-state index in [1.165, 1.54) is 12.5 Å². The second-order valence-electron chi connectivity index (χ2n) is 6.61. The summed E-state index contributed by atoms with van der Waals surface area (Å²) in [7, 11) is 0. The summed E-state index contributed by atoms with van der Waals surface area (Å²) in [5.74, 6) is 1.84. The third-order valence-corrected chi connectivity index (χ3v) is 4.30. The minimum Gasteiger partial charge on any atom is -0.494 e. The Kier molecular flexibility index (Phi) is 5.78. The number of hydrogen-bond donors (Lipinski definition) is 2. The zero-order chi connectivity index (χ0) is 18.5. The molecule has 1 atom stereocenters. The fourth-order valence-corrected chi connectivity index (χ4v) is 3.16. The average molecular weight is 354 g/mol. The zero-order valence-corrected chi connectivity index (χ0v) is 15.6. The first-order valence-corrected chi connectivity index (χ1v) is 9.07. The summed E-state index contributed by atoms with van der Waals surface area (Å²) in [6.07, 6.45) is 1.16. The van der Waals surface area contributed by atoms with Crippen LogP contribution in [0.2, 0.25) is 0 Å². The number of rotatable bonds is 7. The van der Waals surface area contributed by atoms with Crippen LogP contribution in [0, 0.1) is 0 Å². The highest BCUT2D eigenvalue weighted by Crippen LogP contribution is 2.35. The van der Waals surface area contributed by atoms with Gasteiger partial charge >= 0.3 is 0 Å². The molecule has 2 aromatic carbocycles. The molecule has 26 heavy (non-hydrogen) atoms. The normalized spacial score (nSPS) is 15.3. The number of amides is 1. The molecule has 0 fully saturated rings. The molecule has 0 bridgehead atoms. The number of carbonyl (C=O) groups excluding carboxylic acids is 1. The molecule has 0 aliphatic carbocycles. The monoisotopic (exact) mass is 354 g/mol. The molecule has 0 aromatic heterocycles. The summed E-state index contributed by atoms with van der Waals surface area (Å²) in [6, 6.07) is 12.0. The van der Waals surface area contributed by atoms with Gasteiger partial charge in [0.2, 0.25) is 5.91 Å². The van der Waals surface area contributed by atoms with Crippen LogP contribution < -0.4 is 20.1 Å². The van der Waals surface area contributed by atoms with Crippen molar-refractivity contribution in [1.29, 1.82) is 0 Å². The van der Waals surface area contributed by atoms with Crippen LogP contribution in [-0.2, 0) is 24.3 Å². The van der Waals surface area contributed by atoms with Crippen molar-refractivity contribution in [3.63, 3.8) is 0 Å². The number of hydrogen-bond acceptors (Lipinski definition) is 4. The smallest absolute Gasteiger partial charge is 0.221 e.